The van der Waals surface area contributed by atoms with Gasteiger partial charge in [-0.05, 0) is 25.2 Å². The van der Waals surface area contributed by atoms with Crippen molar-refractivity contribution in [3.63, 3.8) is 0 Å². The number of likely N-dealkylation sites (N-methyl/N-ethyl adjacent to an activating group) is 1. The molecule has 0 spiro atoms. The lowest BCUT2D eigenvalue weighted by Gasteiger charge is -2.32. The van der Waals surface area contributed by atoms with Gasteiger partial charge in [-0.1, -0.05) is 35.0 Å². The van der Waals surface area contributed by atoms with E-state index in [4.69, 9.17) is 29.0 Å². The van der Waals surface area contributed by atoms with Crippen molar-refractivity contribution in [3.8, 4) is 11.4 Å². The molecule has 0 saturated carbocycles. The van der Waals surface area contributed by atoms with Crippen molar-refractivity contribution in [1.82, 2.24) is 24.7 Å². The molecule has 25 heavy (non-hydrogen) atoms. The summed E-state index contributed by atoms with van der Waals surface area (Å²) in [6.45, 7) is 3.28. The molecular weight excluding hydrogens is 383 g/mol. The summed E-state index contributed by atoms with van der Waals surface area (Å²) in [5, 5.41) is 9.58. The van der Waals surface area contributed by atoms with Gasteiger partial charge in [-0.3, -0.25) is 4.79 Å². The lowest BCUT2D eigenvalue weighted by molar-refractivity contribution is -0.129. The molecule has 134 valence electrons. The summed E-state index contributed by atoms with van der Waals surface area (Å²) < 4.78 is 1.34. The quantitative estimate of drug-likeness (QED) is 0.622. The molecule has 0 aliphatic carbocycles. The third-order valence-electron chi connectivity index (χ3n) is 4.02. The molecule has 2 N–H and O–H groups in total. The minimum absolute atomic E-state index is 0.0761. The van der Waals surface area contributed by atoms with Gasteiger partial charge in [-0.25, -0.2) is 4.68 Å². The van der Waals surface area contributed by atoms with Crippen LogP contribution in [-0.4, -0.2) is 69.6 Å². The standard InChI is InChI=1S/C15H18Cl2N6OS/c1-21-4-6-22(7-5-21)13(24)9-25-15-20-19-14(23(15)18)11-3-2-10(16)8-12(11)17/h2-3,8H,4-7,9,18H2,1H3. The van der Waals surface area contributed by atoms with Crippen LogP contribution in [0, 0.1) is 0 Å². The predicted molar refractivity (Wildman–Crippen MR) is 100 cm³/mol. The first-order chi connectivity index (χ1) is 12.0. The van der Waals surface area contributed by atoms with E-state index in [-0.39, 0.29) is 11.7 Å². The summed E-state index contributed by atoms with van der Waals surface area (Å²) in [5.41, 5.74) is 0.637. The number of hydrogen-bond donors (Lipinski definition) is 1. The smallest absolute Gasteiger partial charge is 0.233 e. The number of hydrogen-bond acceptors (Lipinski definition) is 6. The number of thioether (sulfide) groups is 1. The molecule has 1 saturated heterocycles. The zero-order valence-electron chi connectivity index (χ0n) is 13.7. The zero-order valence-corrected chi connectivity index (χ0v) is 16.0. The first-order valence-corrected chi connectivity index (χ1v) is 9.45. The largest absolute Gasteiger partial charge is 0.339 e. The summed E-state index contributed by atoms with van der Waals surface area (Å²) in [5.74, 6) is 6.85. The van der Waals surface area contributed by atoms with E-state index in [1.54, 1.807) is 18.2 Å². The topological polar surface area (TPSA) is 80.3 Å². The van der Waals surface area contributed by atoms with Crippen LogP contribution in [0.4, 0.5) is 0 Å². The number of halogens is 2. The number of piperazine rings is 1. The average molecular weight is 401 g/mol. The molecular formula is C15H18Cl2N6OS. The normalized spacial score (nSPS) is 15.6. The minimum atomic E-state index is 0.0761. The predicted octanol–water partition coefficient (Wildman–Crippen LogP) is 1.83. The van der Waals surface area contributed by atoms with E-state index in [1.807, 2.05) is 4.90 Å². The second-order valence-electron chi connectivity index (χ2n) is 5.77. The third kappa shape index (κ3) is 4.20. The molecule has 1 amide bonds. The van der Waals surface area contributed by atoms with Crippen LogP contribution in [0.1, 0.15) is 0 Å². The Labute approximate surface area is 160 Å². The van der Waals surface area contributed by atoms with Crippen LogP contribution >= 0.6 is 35.0 Å². The first kappa shape index (κ1) is 18.3. The Morgan fingerprint density at radius 1 is 1.24 bits per heavy atom. The molecule has 0 radical (unpaired) electrons. The number of nitrogens with zero attached hydrogens (tertiary/aromatic N) is 5. The van der Waals surface area contributed by atoms with E-state index in [9.17, 15) is 4.79 Å². The maximum atomic E-state index is 12.3. The van der Waals surface area contributed by atoms with E-state index in [2.05, 4.69) is 22.1 Å². The lowest BCUT2D eigenvalue weighted by Crippen LogP contribution is -2.47. The second kappa shape index (κ2) is 7.82. The van der Waals surface area contributed by atoms with Crippen LogP contribution < -0.4 is 5.84 Å². The van der Waals surface area contributed by atoms with E-state index in [0.29, 0.717) is 26.6 Å². The Bertz CT molecular complexity index is 775. The van der Waals surface area contributed by atoms with Crippen LogP contribution in [-0.2, 0) is 4.79 Å². The highest BCUT2D eigenvalue weighted by Crippen LogP contribution is 2.30. The second-order valence-corrected chi connectivity index (χ2v) is 7.56. The van der Waals surface area contributed by atoms with Crippen LogP contribution in [0.25, 0.3) is 11.4 Å². The number of nitrogens with two attached hydrogens (primary N) is 1. The van der Waals surface area contributed by atoms with Crippen LogP contribution in [0.2, 0.25) is 10.0 Å². The molecule has 1 aliphatic heterocycles. The van der Waals surface area contributed by atoms with Crippen molar-refractivity contribution in [2.24, 2.45) is 0 Å². The van der Waals surface area contributed by atoms with E-state index in [0.717, 1.165) is 26.2 Å². The molecule has 0 atom stereocenters. The van der Waals surface area contributed by atoms with E-state index in [1.165, 1.54) is 16.4 Å². The Hall–Kier alpha value is -1.48. The third-order valence-corrected chi connectivity index (χ3v) is 5.49. The van der Waals surface area contributed by atoms with Crippen molar-refractivity contribution in [1.29, 1.82) is 0 Å². The highest BCUT2D eigenvalue weighted by Gasteiger charge is 2.21. The van der Waals surface area contributed by atoms with Gasteiger partial charge in [0.05, 0.1) is 10.8 Å². The Balaban J connectivity index is 1.66. The van der Waals surface area contributed by atoms with Gasteiger partial charge in [0.2, 0.25) is 11.1 Å². The molecule has 1 fully saturated rings. The van der Waals surface area contributed by atoms with Crippen molar-refractivity contribution in [3.05, 3.63) is 28.2 Å². The number of rotatable bonds is 4. The number of benzene rings is 1. The zero-order chi connectivity index (χ0) is 18.0. The van der Waals surface area contributed by atoms with Crippen LogP contribution in [0.3, 0.4) is 0 Å². The van der Waals surface area contributed by atoms with Crippen molar-refractivity contribution in [2.45, 2.75) is 5.16 Å². The first-order valence-electron chi connectivity index (χ1n) is 7.70. The minimum Gasteiger partial charge on any atom is -0.339 e. The number of nitrogen functional groups attached to an aromatic ring is 1. The number of amides is 1. The monoisotopic (exact) mass is 400 g/mol. The molecule has 1 aromatic carbocycles. The molecule has 2 aromatic rings. The molecule has 0 bridgehead atoms. The molecule has 1 aromatic heterocycles. The van der Waals surface area contributed by atoms with Gasteiger partial charge < -0.3 is 15.6 Å². The SMILES string of the molecule is CN1CCN(C(=O)CSc2nnc(-c3ccc(Cl)cc3Cl)n2N)CC1. The van der Waals surface area contributed by atoms with Crippen molar-refractivity contribution < 1.29 is 4.79 Å². The van der Waals surface area contributed by atoms with Gasteiger partial charge in [0, 0.05) is 36.8 Å². The summed E-state index contributed by atoms with van der Waals surface area (Å²) in [7, 11) is 2.05. The Morgan fingerprint density at radius 2 is 1.96 bits per heavy atom. The Morgan fingerprint density at radius 3 is 2.64 bits per heavy atom. The van der Waals surface area contributed by atoms with Crippen molar-refractivity contribution in [2.75, 3.05) is 44.8 Å². The molecule has 0 unspecified atom stereocenters. The van der Waals surface area contributed by atoms with Gasteiger partial charge in [0.15, 0.2) is 5.82 Å². The number of carbonyl (C=O) groups is 1. The molecule has 2 heterocycles. The van der Waals surface area contributed by atoms with Gasteiger partial charge in [-0.2, -0.15) is 0 Å². The number of aromatic nitrogens is 3. The summed E-state index contributed by atoms with van der Waals surface area (Å²) >= 11 is 13.4. The van der Waals surface area contributed by atoms with Crippen LogP contribution in [0.15, 0.2) is 23.4 Å². The molecule has 10 heteroatoms. The van der Waals surface area contributed by atoms with Crippen LogP contribution in [0.5, 0.6) is 0 Å². The van der Waals surface area contributed by atoms with Gasteiger partial charge >= 0.3 is 0 Å². The highest BCUT2D eigenvalue weighted by molar-refractivity contribution is 7.99. The molecule has 1 aliphatic rings. The van der Waals surface area contributed by atoms with E-state index < -0.39 is 0 Å². The Kier molecular flexibility index (Phi) is 5.73. The highest BCUT2D eigenvalue weighted by atomic mass is 35.5. The fourth-order valence-electron chi connectivity index (χ4n) is 2.50. The fourth-order valence-corrected chi connectivity index (χ4v) is 3.76. The summed E-state index contributed by atoms with van der Waals surface area (Å²) in [6, 6.07) is 5.07. The molecule has 3 rings (SSSR count). The fraction of sp³-hybridized carbons (Fsp3) is 0.400. The molecule has 7 nitrogen and oxygen atoms in total. The lowest BCUT2D eigenvalue weighted by atomic mass is 10.2. The number of carbonyl (C=O) groups excluding carboxylic acids is 1. The maximum absolute atomic E-state index is 12.3. The summed E-state index contributed by atoms with van der Waals surface area (Å²) in [4.78, 5) is 16.4. The maximum Gasteiger partial charge on any atom is 0.233 e. The van der Waals surface area contributed by atoms with Crippen molar-refractivity contribution >= 4 is 40.9 Å². The summed E-state index contributed by atoms with van der Waals surface area (Å²) in [6.07, 6.45) is 0. The van der Waals surface area contributed by atoms with Gasteiger partial charge in [0.25, 0.3) is 0 Å². The van der Waals surface area contributed by atoms with Gasteiger partial charge in [0.1, 0.15) is 0 Å². The van der Waals surface area contributed by atoms with Gasteiger partial charge in [-0.15, -0.1) is 10.2 Å². The van der Waals surface area contributed by atoms with E-state index >= 15 is 0 Å². The average Bonchev–Trinajstić information content (AvgIpc) is 2.94.